The van der Waals surface area contributed by atoms with Crippen LogP contribution in [-0.2, 0) is 19.1 Å². The number of para-hydroxylation sites is 1. The van der Waals surface area contributed by atoms with E-state index in [2.05, 4.69) is 20.5 Å². The summed E-state index contributed by atoms with van der Waals surface area (Å²) in [6, 6.07) is 6.55. The number of esters is 1. The third-order valence-electron chi connectivity index (χ3n) is 6.41. The van der Waals surface area contributed by atoms with Crippen LogP contribution in [0.15, 0.2) is 29.4 Å². The Kier molecular flexibility index (Phi) is 7.60. The molecule has 1 unspecified atom stereocenters. The van der Waals surface area contributed by atoms with Crippen LogP contribution in [0.25, 0.3) is 10.9 Å². The van der Waals surface area contributed by atoms with Crippen molar-refractivity contribution in [2.75, 3.05) is 38.6 Å². The summed E-state index contributed by atoms with van der Waals surface area (Å²) < 4.78 is 4.82. The number of aliphatic imine (C=N–C) groups is 1. The molecule has 2 aliphatic heterocycles. The molecule has 0 bridgehead atoms. The van der Waals surface area contributed by atoms with Crippen molar-refractivity contribution in [1.29, 1.82) is 5.26 Å². The second kappa shape index (κ2) is 11.0. The number of amides is 2. The Labute approximate surface area is 203 Å². The summed E-state index contributed by atoms with van der Waals surface area (Å²) in [5.41, 5.74) is 1.23. The standard InChI is InChI=1S/C24H29N7O4/c1-35-24(34)17(13-25)22(27-18-9-6-7-16-14-26-29-21(16)18)28-19-8-2-3-12-31(23(19)33)15-20(32)30-10-4-5-11-30/h6-7,9,14,17,19H,2-5,8,10-12,15H2,1H3,(H,26,29)(H,27,28)/t17?,19-/m0/s1. The lowest BCUT2D eigenvalue weighted by Crippen LogP contribution is -2.45. The van der Waals surface area contributed by atoms with Gasteiger partial charge < -0.3 is 19.9 Å². The molecule has 11 heteroatoms. The summed E-state index contributed by atoms with van der Waals surface area (Å²) in [6.07, 6.45) is 5.55. The van der Waals surface area contributed by atoms with Crippen molar-refractivity contribution in [2.45, 2.75) is 38.1 Å². The van der Waals surface area contributed by atoms with Gasteiger partial charge in [-0.05, 0) is 38.2 Å². The van der Waals surface area contributed by atoms with Crippen LogP contribution < -0.4 is 5.32 Å². The van der Waals surface area contributed by atoms with Crippen LogP contribution >= 0.6 is 0 Å². The van der Waals surface area contributed by atoms with Gasteiger partial charge in [0.15, 0.2) is 0 Å². The van der Waals surface area contributed by atoms with Gasteiger partial charge in [0.1, 0.15) is 11.9 Å². The van der Waals surface area contributed by atoms with Crippen molar-refractivity contribution < 1.29 is 19.1 Å². The van der Waals surface area contributed by atoms with E-state index in [1.807, 2.05) is 12.1 Å². The maximum absolute atomic E-state index is 13.4. The number of carbonyl (C=O) groups excluding carboxylic acids is 3. The molecule has 2 fully saturated rings. The second-order valence-electron chi connectivity index (χ2n) is 8.72. The van der Waals surface area contributed by atoms with Gasteiger partial charge in [0.25, 0.3) is 0 Å². The molecule has 2 N–H and O–H groups in total. The number of nitrogens with one attached hydrogen (secondary N) is 2. The molecular formula is C24H29N7O4. The van der Waals surface area contributed by atoms with E-state index in [0.29, 0.717) is 24.2 Å². The number of ether oxygens (including phenoxy) is 1. The number of nitrogens with zero attached hydrogens (tertiary/aromatic N) is 5. The van der Waals surface area contributed by atoms with Gasteiger partial charge in [0.05, 0.1) is 37.1 Å². The molecule has 1 aromatic carbocycles. The molecule has 2 aromatic rings. The predicted octanol–water partition coefficient (Wildman–Crippen LogP) is 1.69. The van der Waals surface area contributed by atoms with Crippen LogP contribution in [0.1, 0.15) is 32.1 Å². The highest BCUT2D eigenvalue weighted by Crippen LogP contribution is 2.23. The lowest BCUT2D eigenvalue weighted by Gasteiger charge is -2.25. The molecule has 3 heterocycles. The maximum Gasteiger partial charge on any atom is 0.330 e. The van der Waals surface area contributed by atoms with E-state index in [0.717, 1.165) is 44.2 Å². The molecule has 0 spiro atoms. The minimum absolute atomic E-state index is 0.0136. The van der Waals surface area contributed by atoms with Gasteiger partial charge >= 0.3 is 5.97 Å². The van der Waals surface area contributed by atoms with Gasteiger partial charge in [-0.15, -0.1) is 0 Å². The quantitative estimate of drug-likeness (QED) is 0.364. The summed E-state index contributed by atoms with van der Waals surface area (Å²) in [7, 11) is 1.20. The Morgan fingerprint density at radius 3 is 2.80 bits per heavy atom. The molecule has 184 valence electrons. The zero-order chi connectivity index (χ0) is 24.8. The molecule has 2 atom stereocenters. The lowest BCUT2D eigenvalue weighted by atomic mass is 10.1. The number of carbonyl (C=O) groups is 3. The summed E-state index contributed by atoms with van der Waals surface area (Å²) in [6.45, 7) is 1.93. The first kappa shape index (κ1) is 24.2. The largest absolute Gasteiger partial charge is 0.468 e. The van der Waals surface area contributed by atoms with E-state index >= 15 is 0 Å². The minimum Gasteiger partial charge on any atom is -0.468 e. The van der Waals surface area contributed by atoms with Gasteiger partial charge in [0, 0.05) is 25.0 Å². The Hall–Kier alpha value is -3.94. The Bertz CT molecular complexity index is 1160. The number of aromatic amines is 1. The lowest BCUT2D eigenvalue weighted by molar-refractivity contribution is -0.141. The van der Waals surface area contributed by atoms with Crippen LogP contribution in [0.5, 0.6) is 0 Å². The molecule has 2 aliphatic rings. The van der Waals surface area contributed by atoms with Crippen LogP contribution in [0.2, 0.25) is 0 Å². The third kappa shape index (κ3) is 5.42. The van der Waals surface area contributed by atoms with Crippen molar-refractivity contribution in [3.05, 3.63) is 24.4 Å². The van der Waals surface area contributed by atoms with Crippen molar-refractivity contribution in [2.24, 2.45) is 10.9 Å². The van der Waals surface area contributed by atoms with Crippen molar-refractivity contribution in [3.8, 4) is 6.07 Å². The molecular weight excluding hydrogens is 450 g/mol. The fourth-order valence-electron chi connectivity index (χ4n) is 4.49. The summed E-state index contributed by atoms with van der Waals surface area (Å²) in [4.78, 5) is 46.4. The number of anilines is 1. The van der Waals surface area contributed by atoms with Gasteiger partial charge in [-0.1, -0.05) is 12.1 Å². The number of hydrogen-bond donors (Lipinski definition) is 2. The Morgan fingerprint density at radius 1 is 1.29 bits per heavy atom. The first-order valence-electron chi connectivity index (χ1n) is 11.8. The van der Waals surface area contributed by atoms with Gasteiger partial charge in [0.2, 0.25) is 17.7 Å². The molecule has 2 saturated heterocycles. The fourth-order valence-corrected chi connectivity index (χ4v) is 4.49. The van der Waals surface area contributed by atoms with E-state index in [4.69, 9.17) is 4.74 Å². The highest BCUT2D eigenvalue weighted by Gasteiger charge is 2.33. The fraction of sp³-hybridized carbons (Fsp3) is 0.500. The zero-order valence-corrected chi connectivity index (χ0v) is 19.7. The average Bonchev–Trinajstić information content (AvgIpc) is 3.54. The average molecular weight is 480 g/mol. The maximum atomic E-state index is 13.4. The van der Waals surface area contributed by atoms with E-state index in [-0.39, 0.29) is 24.2 Å². The number of nitriles is 1. The molecule has 35 heavy (non-hydrogen) atoms. The Balaban J connectivity index is 1.63. The highest BCUT2D eigenvalue weighted by atomic mass is 16.5. The molecule has 4 rings (SSSR count). The molecule has 1 aromatic heterocycles. The van der Waals surface area contributed by atoms with Crippen molar-refractivity contribution in [3.63, 3.8) is 0 Å². The van der Waals surface area contributed by atoms with Crippen molar-refractivity contribution >= 4 is 40.2 Å². The number of aromatic nitrogens is 2. The van der Waals surface area contributed by atoms with Crippen LogP contribution in [0.4, 0.5) is 5.69 Å². The minimum atomic E-state index is -1.35. The van der Waals surface area contributed by atoms with Crippen LogP contribution in [-0.4, -0.2) is 82.9 Å². The van der Waals surface area contributed by atoms with Gasteiger partial charge in [-0.3, -0.25) is 24.5 Å². The normalized spacial score (nSPS) is 19.8. The van der Waals surface area contributed by atoms with E-state index in [9.17, 15) is 19.6 Å². The summed E-state index contributed by atoms with van der Waals surface area (Å²) >= 11 is 0. The van der Waals surface area contributed by atoms with Gasteiger partial charge in [-0.2, -0.15) is 10.4 Å². The van der Waals surface area contributed by atoms with E-state index < -0.39 is 17.9 Å². The first-order valence-corrected chi connectivity index (χ1v) is 11.8. The number of benzene rings is 1. The number of rotatable bonds is 6. The molecule has 11 nitrogen and oxygen atoms in total. The summed E-state index contributed by atoms with van der Waals surface area (Å²) in [5, 5.41) is 20.6. The smallest absolute Gasteiger partial charge is 0.330 e. The number of H-pyrrole nitrogens is 1. The molecule has 0 radical (unpaired) electrons. The van der Waals surface area contributed by atoms with Gasteiger partial charge in [-0.25, -0.2) is 0 Å². The number of hydrogen-bond acceptors (Lipinski definition) is 7. The van der Waals surface area contributed by atoms with Crippen LogP contribution in [0.3, 0.4) is 0 Å². The molecule has 0 aliphatic carbocycles. The van der Waals surface area contributed by atoms with Crippen LogP contribution in [0, 0.1) is 17.2 Å². The van der Waals surface area contributed by atoms with Crippen molar-refractivity contribution in [1.82, 2.24) is 20.0 Å². The number of amidine groups is 1. The highest BCUT2D eigenvalue weighted by molar-refractivity contribution is 6.13. The monoisotopic (exact) mass is 479 g/mol. The predicted molar refractivity (Wildman–Crippen MR) is 128 cm³/mol. The van der Waals surface area contributed by atoms with E-state index in [1.165, 1.54) is 7.11 Å². The Morgan fingerprint density at radius 2 is 2.06 bits per heavy atom. The number of methoxy groups -OCH3 is 1. The third-order valence-corrected chi connectivity index (χ3v) is 6.41. The van der Waals surface area contributed by atoms with E-state index in [1.54, 1.807) is 28.1 Å². The second-order valence-corrected chi connectivity index (χ2v) is 8.72. The summed E-state index contributed by atoms with van der Waals surface area (Å²) in [5.74, 6) is -2.45. The topological polar surface area (TPSA) is 144 Å². The molecule has 0 saturated carbocycles. The first-order chi connectivity index (χ1) is 17.0. The number of likely N-dealkylation sites (tertiary alicyclic amines) is 2. The number of fused-ring (bicyclic) bond motifs is 1. The SMILES string of the molecule is COC(=O)C(C#N)C(=N[C@H]1CCCCN(CC(=O)N2CCCC2)C1=O)Nc1cccc2cn[nH]c12. The zero-order valence-electron chi connectivity index (χ0n) is 19.7. The molecule has 2 amide bonds.